The molecule has 9 nitrogen and oxygen atoms in total. The van der Waals surface area contributed by atoms with Gasteiger partial charge in [0.05, 0.1) is 17.6 Å². The minimum atomic E-state index is -0.527. The highest BCUT2D eigenvalue weighted by molar-refractivity contribution is 5.62. The molecule has 1 saturated carbocycles. The Morgan fingerprint density at radius 3 is 2.74 bits per heavy atom. The Kier molecular flexibility index (Phi) is 5.39. The van der Waals surface area contributed by atoms with Gasteiger partial charge in [0, 0.05) is 17.6 Å². The maximum atomic E-state index is 15.0. The minimum absolute atomic E-state index is 0.0424. The van der Waals surface area contributed by atoms with Crippen LogP contribution >= 0.6 is 0 Å². The Morgan fingerprint density at radius 2 is 1.97 bits per heavy atom. The Balaban J connectivity index is 1.25. The summed E-state index contributed by atoms with van der Waals surface area (Å²) in [7, 11) is 0. The molecule has 0 amide bonds. The monoisotopic (exact) mass is 481 g/mol. The number of benzene rings is 1. The van der Waals surface area contributed by atoms with Crippen molar-refractivity contribution in [3.05, 3.63) is 41.9 Å². The molecule has 3 fully saturated rings. The lowest BCUT2D eigenvalue weighted by molar-refractivity contribution is 0.0500. The lowest BCUT2D eigenvalue weighted by Gasteiger charge is -2.47. The molecule has 4 heterocycles. The zero-order chi connectivity index (χ0) is 24.2. The summed E-state index contributed by atoms with van der Waals surface area (Å²) < 4.78 is 31.2. The van der Waals surface area contributed by atoms with E-state index in [0.717, 1.165) is 44.0 Å². The quantitative estimate of drug-likeness (QED) is 0.542. The highest BCUT2D eigenvalue weighted by atomic mass is 19.1. The van der Waals surface area contributed by atoms with Crippen molar-refractivity contribution in [3.8, 4) is 5.69 Å². The van der Waals surface area contributed by atoms with E-state index in [1.54, 1.807) is 6.07 Å². The van der Waals surface area contributed by atoms with Crippen molar-refractivity contribution in [1.29, 1.82) is 0 Å². The number of anilines is 3. The molecule has 1 aliphatic carbocycles. The van der Waals surface area contributed by atoms with E-state index < -0.39 is 11.6 Å². The maximum absolute atomic E-state index is 15.0. The second-order valence-electron chi connectivity index (χ2n) is 10.5. The molecule has 6 rings (SSSR count). The first-order valence-corrected chi connectivity index (χ1v) is 12.3. The number of nitrogens with one attached hydrogen (secondary N) is 2. The van der Waals surface area contributed by atoms with E-state index in [4.69, 9.17) is 0 Å². The van der Waals surface area contributed by atoms with Gasteiger partial charge in [-0.3, -0.25) is 4.90 Å². The minimum Gasteiger partial charge on any atom is -0.365 e. The molecule has 35 heavy (non-hydrogen) atoms. The van der Waals surface area contributed by atoms with Crippen LogP contribution in [-0.4, -0.2) is 59.2 Å². The predicted octanol–water partition coefficient (Wildman–Crippen LogP) is 4.17. The number of nitrogens with zero attached hydrogens (tertiary/aromatic N) is 7. The lowest BCUT2D eigenvalue weighted by atomic mass is 9.84. The summed E-state index contributed by atoms with van der Waals surface area (Å²) in [5, 5.41) is 17.6. The van der Waals surface area contributed by atoms with Gasteiger partial charge in [0.2, 0.25) is 5.95 Å². The van der Waals surface area contributed by atoms with Gasteiger partial charge in [0.25, 0.3) is 0 Å². The van der Waals surface area contributed by atoms with Gasteiger partial charge in [0.15, 0.2) is 11.6 Å². The first kappa shape index (κ1) is 22.3. The van der Waals surface area contributed by atoms with Crippen LogP contribution in [0.5, 0.6) is 0 Å². The van der Waals surface area contributed by atoms with Crippen molar-refractivity contribution in [2.24, 2.45) is 0 Å². The van der Waals surface area contributed by atoms with Crippen molar-refractivity contribution in [1.82, 2.24) is 35.1 Å². The van der Waals surface area contributed by atoms with Crippen LogP contribution in [0.1, 0.15) is 63.9 Å². The molecule has 2 aromatic heterocycles. The Bertz CT molecular complexity index is 1230. The molecule has 1 aromatic carbocycles. The predicted molar refractivity (Wildman–Crippen MR) is 127 cm³/mol. The summed E-state index contributed by atoms with van der Waals surface area (Å²) in [6.07, 6.45) is 8.82. The van der Waals surface area contributed by atoms with Gasteiger partial charge in [-0.25, -0.2) is 18.4 Å². The number of hydrogen-bond acceptors (Lipinski definition) is 8. The van der Waals surface area contributed by atoms with Gasteiger partial charge >= 0.3 is 0 Å². The van der Waals surface area contributed by atoms with Gasteiger partial charge in [-0.1, -0.05) is 0 Å². The normalized spacial score (nSPS) is 23.8. The third-order valence-electron chi connectivity index (χ3n) is 7.52. The van der Waals surface area contributed by atoms with E-state index in [0.29, 0.717) is 17.6 Å². The van der Waals surface area contributed by atoms with Gasteiger partial charge in [0.1, 0.15) is 12.1 Å². The Hall–Kier alpha value is -3.21. The van der Waals surface area contributed by atoms with Crippen LogP contribution in [0.25, 0.3) is 5.69 Å². The number of hydrogen-bond donors (Lipinski definition) is 2. The fourth-order valence-electron chi connectivity index (χ4n) is 5.83. The number of fused-ring (bicyclic) bond motifs is 1. The standard InChI is InChI=1S/C24H29F2N9/c1-24(2)11-15(8-16-4-3-7-34(16)24)29-22-19(26)12-27-23(31-22)30-20-10-21(35-13-28-32-33-35)17(9-18(20)25)14-5-6-14/h9-10,12-16H,3-8,11H2,1-2H3,(H2,27,29,30,31)/t15-,16+/m1/s1. The van der Waals surface area contributed by atoms with Gasteiger partial charge in [-0.2, -0.15) is 4.98 Å². The summed E-state index contributed by atoms with van der Waals surface area (Å²) in [5.41, 5.74) is 1.79. The van der Waals surface area contributed by atoms with Crippen LogP contribution < -0.4 is 10.6 Å². The van der Waals surface area contributed by atoms with Crippen LogP contribution in [0.15, 0.2) is 24.7 Å². The molecule has 0 radical (unpaired) electrons. The fourth-order valence-corrected chi connectivity index (χ4v) is 5.83. The van der Waals surface area contributed by atoms with Gasteiger partial charge < -0.3 is 10.6 Å². The van der Waals surface area contributed by atoms with E-state index in [1.807, 2.05) is 0 Å². The SMILES string of the molecule is CC1(C)C[C@H](Nc2nc(Nc3cc(-n4cnnn4)c(C4CC4)cc3F)ncc2F)C[C@@H]2CCCN21. The molecular weight excluding hydrogens is 452 g/mol. The first-order valence-electron chi connectivity index (χ1n) is 12.3. The van der Waals surface area contributed by atoms with Crippen LogP contribution in [0.3, 0.4) is 0 Å². The van der Waals surface area contributed by atoms with Crippen molar-refractivity contribution < 1.29 is 8.78 Å². The smallest absolute Gasteiger partial charge is 0.229 e. The van der Waals surface area contributed by atoms with Crippen LogP contribution in [0.4, 0.5) is 26.2 Å². The molecule has 11 heteroatoms. The van der Waals surface area contributed by atoms with Crippen molar-refractivity contribution in [2.45, 2.75) is 75.9 Å². The van der Waals surface area contributed by atoms with Crippen LogP contribution in [0.2, 0.25) is 0 Å². The van der Waals surface area contributed by atoms with Crippen LogP contribution in [-0.2, 0) is 0 Å². The molecular formula is C24H29F2N9. The highest BCUT2D eigenvalue weighted by Gasteiger charge is 2.43. The summed E-state index contributed by atoms with van der Waals surface area (Å²) in [4.78, 5) is 11.0. The average Bonchev–Trinajstić information content (AvgIpc) is 3.28. The summed E-state index contributed by atoms with van der Waals surface area (Å²) >= 11 is 0. The number of halogens is 2. The van der Waals surface area contributed by atoms with E-state index in [1.165, 1.54) is 29.9 Å². The maximum Gasteiger partial charge on any atom is 0.229 e. The second kappa shape index (κ2) is 8.47. The lowest BCUT2D eigenvalue weighted by Crippen LogP contribution is -2.55. The third-order valence-corrected chi connectivity index (χ3v) is 7.52. The highest BCUT2D eigenvalue weighted by Crippen LogP contribution is 2.44. The van der Waals surface area contributed by atoms with Gasteiger partial charge in [-0.05, 0) is 93.0 Å². The van der Waals surface area contributed by atoms with Crippen molar-refractivity contribution in [2.75, 3.05) is 17.2 Å². The summed E-state index contributed by atoms with van der Waals surface area (Å²) in [6, 6.07) is 3.76. The molecule has 3 aliphatic rings. The molecule has 184 valence electrons. The Labute approximate surface area is 202 Å². The summed E-state index contributed by atoms with van der Waals surface area (Å²) in [5.74, 6) is -0.411. The molecule has 0 bridgehead atoms. The number of piperidine rings is 1. The van der Waals surface area contributed by atoms with Crippen molar-refractivity contribution >= 4 is 17.5 Å². The zero-order valence-corrected chi connectivity index (χ0v) is 19.9. The number of aromatic nitrogens is 6. The molecule has 0 spiro atoms. The fraction of sp³-hybridized carbons (Fsp3) is 0.542. The average molecular weight is 482 g/mol. The topological polar surface area (TPSA) is 96.7 Å². The first-order chi connectivity index (χ1) is 16.9. The molecule has 2 atom stereocenters. The van der Waals surface area contributed by atoms with Gasteiger partial charge in [-0.15, -0.1) is 5.10 Å². The van der Waals surface area contributed by atoms with E-state index >= 15 is 4.39 Å². The summed E-state index contributed by atoms with van der Waals surface area (Å²) in [6.45, 7) is 5.62. The largest absolute Gasteiger partial charge is 0.365 e. The molecule has 2 aliphatic heterocycles. The molecule has 2 saturated heterocycles. The Morgan fingerprint density at radius 1 is 1.11 bits per heavy atom. The third kappa shape index (κ3) is 4.33. The molecule has 0 unspecified atom stereocenters. The molecule has 3 aromatic rings. The van der Waals surface area contributed by atoms with E-state index in [9.17, 15) is 4.39 Å². The van der Waals surface area contributed by atoms with E-state index in [2.05, 4.69) is 54.9 Å². The molecule has 2 N–H and O–H groups in total. The van der Waals surface area contributed by atoms with Crippen LogP contribution in [0, 0.1) is 11.6 Å². The number of tetrazole rings is 1. The number of rotatable bonds is 6. The zero-order valence-electron chi connectivity index (χ0n) is 19.9. The van der Waals surface area contributed by atoms with E-state index in [-0.39, 0.29) is 29.0 Å². The second-order valence-corrected chi connectivity index (χ2v) is 10.5. The van der Waals surface area contributed by atoms with Crippen molar-refractivity contribution in [3.63, 3.8) is 0 Å².